The third-order valence-electron chi connectivity index (χ3n) is 4.58. The molecule has 0 aromatic heterocycles. The Morgan fingerprint density at radius 3 is 2.62 bits per heavy atom. The second kappa shape index (κ2) is 8.29. The highest BCUT2D eigenvalue weighted by Crippen LogP contribution is 2.27. The van der Waals surface area contributed by atoms with Gasteiger partial charge in [-0.3, -0.25) is 4.79 Å². The minimum atomic E-state index is -0.231. The molecule has 0 spiro atoms. The molecule has 1 heterocycles. The lowest BCUT2D eigenvalue weighted by Crippen LogP contribution is -2.36. The van der Waals surface area contributed by atoms with Crippen LogP contribution in [0.1, 0.15) is 5.56 Å². The zero-order valence-corrected chi connectivity index (χ0v) is 15.0. The summed E-state index contributed by atoms with van der Waals surface area (Å²) in [5, 5.41) is 0. The Hall–Kier alpha value is -2.44. The fourth-order valence-electron chi connectivity index (χ4n) is 3.11. The van der Waals surface area contributed by atoms with Crippen molar-refractivity contribution in [3.8, 4) is 11.1 Å². The zero-order valence-electron chi connectivity index (χ0n) is 15.0. The number of nitrogens with zero attached hydrogens (tertiary/aromatic N) is 2. The van der Waals surface area contributed by atoms with Crippen LogP contribution in [-0.4, -0.2) is 50.7 Å². The highest BCUT2D eigenvalue weighted by atomic mass is 19.1. The summed E-state index contributed by atoms with van der Waals surface area (Å²) in [6, 6.07) is 13.1. The predicted octanol–water partition coefficient (Wildman–Crippen LogP) is 2.25. The van der Waals surface area contributed by atoms with Gasteiger partial charge in [0, 0.05) is 26.7 Å². The molecule has 0 aliphatic carbocycles. The van der Waals surface area contributed by atoms with E-state index in [0.717, 1.165) is 16.7 Å². The summed E-state index contributed by atoms with van der Waals surface area (Å²) in [5.41, 5.74) is 8.72. The summed E-state index contributed by atoms with van der Waals surface area (Å²) < 4.78 is 20.0. The molecule has 0 saturated carbocycles. The molecule has 6 heteroatoms. The number of morpholine rings is 1. The summed E-state index contributed by atoms with van der Waals surface area (Å²) in [7, 11) is 1.72. The van der Waals surface area contributed by atoms with Crippen LogP contribution < -0.4 is 10.6 Å². The average Bonchev–Trinajstić information content (AvgIpc) is 2.68. The number of halogens is 1. The molecule has 0 unspecified atom stereocenters. The van der Waals surface area contributed by atoms with E-state index in [4.69, 9.17) is 10.5 Å². The highest BCUT2D eigenvalue weighted by Gasteiger charge is 2.16. The Bertz CT molecular complexity index is 775. The van der Waals surface area contributed by atoms with Gasteiger partial charge in [-0.25, -0.2) is 4.39 Å². The fraction of sp³-hybridized carbons (Fsp3) is 0.350. The third kappa shape index (κ3) is 4.20. The standard InChI is InChI=1S/C20H24FN3O2/c1-23(20(25)13-22)14-15-3-2-4-16(11-15)17-5-6-19(18(21)12-17)24-7-9-26-10-8-24/h2-6,11-12H,7-10,13-14,22H2,1H3. The molecule has 26 heavy (non-hydrogen) atoms. The molecule has 1 amide bonds. The SMILES string of the molecule is CN(Cc1cccc(-c2ccc(N3CCOCC3)c(F)c2)c1)C(=O)CN. The second-order valence-corrected chi connectivity index (χ2v) is 6.42. The van der Waals surface area contributed by atoms with Crippen LogP contribution in [0.4, 0.5) is 10.1 Å². The molecule has 5 nitrogen and oxygen atoms in total. The van der Waals surface area contributed by atoms with Gasteiger partial charge < -0.3 is 20.3 Å². The van der Waals surface area contributed by atoms with E-state index in [1.54, 1.807) is 18.0 Å². The van der Waals surface area contributed by atoms with E-state index >= 15 is 0 Å². The van der Waals surface area contributed by atoms with Crippen molar-refractivity contribution in [2.24, 2.45) is 5.73 Å². The summed E-state index contributed by atoms with van der Waals surface area (Å²) >= 11 is 0. The molecular weight excluding hydrogens is 333 g/mol. The number of anilines is 1. The van der Waals surface area contributed by atoms with Crippen molar-refractivity contribution >= 4 is 11.6 Å². The first-order chi connectivity index (χ1) is 12.6. The van der Waals surface area contributed by atoms with Crippen LogP contribution in [0.2, 0.25) is 0 Å². The van der Waals surface area contributed by atoms with Crippen molar-refractivity contribution in [3.05, 3.63) is 53.8 Å². The minimum absolute atomic E-state index is 0.00952. The van der Waals surface area contributed by atoms with Gasteiger partial charge in [-0.2, -0.15) is 0 Å². The molecule has 0 atom stereocenters. The molecule has 1 aliphatic rings. The van der Waals surface area contributed by atoms with E-state index < -0.39 is 0 Å². The number of rotatable bonds is 5. The number of likely N-dealkylation sites (N-methyl/N-ethyl adjacent to an activating group) is 1. The maximum absolute atomic E-state index is 14.6. The van der Waals surface area contributed by atoms with E-state index in [1.165, 1.54) is 0 Å². The topological polar surface area (TPSA) is 58.8 Å². The number of hydrogen-bond donors (Lipinski definition) is 1. The number of carbonyl (C=O) groups is 1. The zero-order chi connectivity index (χ0) is 18.5. The predicted molar refractivity (Wildman–Crippen MR) is 100 cm³/mol. The van der Waals surface area contributed by atoms with E-state index in [-0.39, 0.29) is 18.3 Å². The Kier molecular flexibility index (Phi) is 5.85. The molecule has 2 aromatic carbocycles. The van der Waals surface area contributed by atoms with Crippen LogP contribution in [0.3, 0.4) is 0 Å². The van der Waals surface area contributed by atoms with Gasteiger partial charge in [0.2, 0.25) is 5.91 Å². The Labute approximate surface area is 153 Å². The number of nitrogens with two attached hydrogens (primary N) is 1. The molecule has 1 aliphatic heterocycles. The van der Waals surface area contributed by atoms with Gasteiger partial charge in [0.25, 0.3) is 0 Å². The normalized spacial score (nSPS) is 14.3. The lowest BCUT2D eigenvalue weighted by Gasteiger charge is -2.29. The van der Waals surface area contributed by atoms with Crippen LogP contribution in [0.25, 0.3) is 11.1 Å². The molecule has 1 fully saturated rings. The van der Waals surface area contributed by atoms with Crippen molar-refractivity contribution in [3.63, 3.8) is 0 Å². The van der Waals surface area contributed by atoms with Crippen LogP contribution in [0.5, 0.6) is 0 Å². The fourth-order valence-corrected chi connectivity index (χ4v) is 3.11. The number of hydrogen-bond acceptors (Lipinski definition) is 4. The van der Waals surface area contributed by atoms with Crippen LogP contribution >= 0.6 is 0 Å². The summed E-state index contributed by atoms with van der Waals surface area (Å²) in [5.74, 6) is -0.346. The van der Waals surface area contributed by atoms with E-state index in [0.29, 0.717) is 38.5 Å². The van der Waals surface area contributed by atoms with Gasteiger partial charge in [0.15, 0.2) is 0 Å². The molecule has 1 saturated heterocycles. The van der Waals surface area contributed by atoms with Crippen molar-refractivity contribution in [1.82, 2.24) is 4.90 Å². The van der Waals surface area contributed by atoms with Crippen LogP contribution in [0.15, 0.2) is 42.5 Å². The molecule has 138 valence electrons. The van der Waals surface area contributed by atoms with Crippen LogP contribution in [0, 0.1) is 5.82 Å². The molecular formula is C20H24FN3O2. The first-order valence-electron chi connectivity index (χ1n) is 8.74. The van der Waals surface area contributed by atoms with Crippen molar-refractivity contribution < 1.29 is 13.9 Å². The van der Waals surface area contributed by atoms with Gasteiger partial charge in [-0.15, -0.1) is 0 Å². The Morgan fingerprint density at radius 1 is 1.19 bits per heavy atom. The Morgan fingerprint density at radius 2 is 1.92 bits per heavy atom. The van der Waals surface area contributed by atoms with Gasteiger partial charge in [0.1, 0.15) is 5.82 Å². The number of carbonyl (C=O) groups excluding carboxylic acids is 1. The molecule has 3 rings (SSSR count). The lowest BCUT2D eigenvalue weighted by atomic mass is 10.0. The van der Waals surface area contributed by atoms with Gasteiger partial charge in [0.05, 0.1) is 25.4 Å². The van der Waals surface area contributed by atoms with E-state index in [9.17, 15) is 9.18 Å². The molecule has 0 radical (unpaired) electrons. The van der Waals surface area contributed by atoms with E-state index in [1.807, 2.05) is 41.3 Å². The number of amides is 1. The number of ether oxygens (including phenoxy) is 1. The third-order valence-corrected chi connectivity index (χ3v) is 4.58. The van der Waals surface area contributed by atoms with Gasteiger partial charge in [-0.05, 0) is 34.9 Å². The van der Waals surface area contributed by atoms with Crippen molar-refractivity contribution in [1.29, 1.82) is 0 Å². The van der Waals surface area contributed by atoms with Crippen molar-refractivity contribution in [2.75, 3.05) is 44.8 Å². The maximum Gasteiger partial charge on any atom is 0.236 e. The summed E-state index contributed by atoms with van der Waals surface area (Å²) in [6.07, 6.45) is 0. The van der Waals surface area contributed by atoms with Crippen molar-refractivity contribution in [2.45, 2.75) is 6.54 Å². The minimum Gasteiger partial charge on any atom is -0.378 e. The molecule has 2 N–H and O–H groups in total. The number of benzene rings is 2. The lowest BCUT2D eigenvalue weighted by molar-refractivity contribution is -0.128. The second-order valence-electron chi connectivity index (χ2n) is 6.42. The average molecular weight is 357 g/mol. The molecule has 2 aromatic rings. The molecule has 0 bridgehead atoms. The van der Waals surface area contributed by atoms with Crippen LogP contribution in [-0.2, 0) is 16.1 Å². The Balaban J connectivity index is 1.79. The maximum atomic E-state index is 14.6. The first-order valence-corrected chi connectivity index (χ1v) is 8.74. The van der Waals surface area contributed by atoms with Gasteiger partial charge >= 0.3 is 0 Å². The summed E-state index contributed by atoms with van der Waals surface area (Å²) in [6.45, 7) is 3.11. The smallest absolute Gasteiger partial charge is 0.236 e. The summed E-state index contributed by atoms with van der Waals surface area (Å²) in [4.78, 5) is 15.2. The highest BCUT2D eigenvalue weighted by molar-refractivity contribution is 5.77. The largest absolute Gasteiger partial charge is 0.378 e. The quantitative estimate of drug-likeness (QED) is 0.892. The van der Waals surface area contributed by atoms with Gasteiger partial charge in [-0.1, -0.05) is 24.3 Å². The van der Waals surface area contributed by atoms with E-state index in [2.05, 4.69) is 0 Å². The first kappa shape index (κ1) is 18.4. The monoisotopic (exact) mass is 357 g/mol.